The van der Waals surface area contributed by atoms with Gasteiger partial charge in [-0.25, -0.2) is 0 Å². The van der Waals surface area contributed by atoms with Crippen molar-refractivity contribution in [3.8, 4) is 5.75 Å². The van der Waals surface area contributed by atoms with Crippen LogP contribution in [0.15, 0.2) is 28.7 Å². The molecule has 1 rings (SSSR count). The van der Waals surface area contributed by atoms with E-state index in [0.29, 0.717) is 5.75 Å². The van der Waals surface area contributed by atoms with Crippen molar-refractivity contribution >= 4 is 33.8 Å². The predicted octanol–water partition coefficient (Wildman–Crippen LogP) is 1.68. The van der Waals surface area contributed by atoms with Crippen LogP contribution < -0.4 is 10.1 Å². The molecule has 0 aliphatic rings. The Bertz CT molecular complexity index is 527. The number of hydrogen-bond acceptors (Lipinski definition) is 3. The second-order valence-electron chi connectivity index (χ2n) is 4.23. The minimum absolute atomic E-state index is 0.0220. The van der Waals surface area contributed by atoms with Crippen molar-refractivity contribution in [3.63, 3.8) is 0 Å². The van der Waals surface area contributed by atoms with Crippen LogP contribution in [0.5, 0.6) is 5.75 Å². The smallest absolute Gasteiger partial charge is 0.244 e. The molecular formula is C14H17BrN2O3. The molecule has 1 N–H and O–H groups in total. The summed E-state index contributed by atoms with van der Waals surface area (Å²) in [6.45, 7) is -0.0220. The molecule has 2 amide bonds. The molecule has 1 aromatic carbocycles. The molecule has 6 heteroatoms. The summed E-state index contributed by atoms with van der Waals surface area (Å²) >= 11 is 3.36. The third kappa shape index (κ3) is 5.05. The first-order chi connectivity index (χ1) is 9.43. The largest absolute Gasteiger partial charge is 0.496 e. The molecule has 0 heterocycles. The van der Waals surface area contributed by atoms with Gasteiger partial charge in [0.15, 0.2) is 0 Å². The van der Waals surface area contributed by atoms with Gasteiger partial charge in [0.25, 0.3) is 0 Å². The van der Waals surface area contributed by atoms with Crippen LogP contribution in [-0.2, 0) is 9.59 Å². The maximum Gasteiger partial charge on any atom is 0.244 e. The Labute approximate surface area is 126 Å². The van der Waals surface area contributed by atoms with E-state index in [1.807, 2.05) is 12.1 Å². The Hall–Kier alpha value is -1.82. The van der Waals surface area contributed by atoms with Gasteiger partial charge in [0.2, 0.25) is 11.8 Å². The molecule has 0 aliphatic heterocycles. The molecule has 0 spiro atoms. The second-order valence-corrected chi connectivity index (χ2v) is 5.14. The van der Waals surface area contributed by atoms with Crippen LogP contribution in [0, 0.1) is 0 Å². The zero-order valence-electron chi connectivity index (χ0n) is 11.6. The zero-order valence-corrected chi connectivity index (χ0v) is 13.2. The van der Waals surface area contributed by atoms with E-state index in [2.05, 4.69) is 21.2 Å². The number of likely N-dealkylation sites (N-methyl/N-ethyl adjacent to an activating group) is 1. The van der Waals surface area contributed by atoms with Gasteiger partial charge in [0.1, 0.15) is 5.75 Å². The lowest BCUT2D eigenvalue weighted by Gasteiger charge is -2.09. The number of carbonyl (C=O) groups excluding carboxylic acids is 2. The SMILES string of the molecule is COc1ccc(Br)cc1/C=C/C(=O)NCC(=O)N(C)C. The van der Waals surface area contributed by atoms with Crippen molar-refractivity contribution in [2.24, 2.45) is 0 Å². The molecular weight excluding hydrogens is 324 g/mol. The highest BCUT2D eigenvalue weighted by molar-refractivity contribution is 9.10. The molecule has 0 aliphatic carbocycles. The van der Waals surface area contributed by atoms with Gasteiger partial charge in [-0.2, -0.15) is 0 Å². The topological polar surface area (TPSA) is 58.6 Å². The first-order valence-electron chi connectivity index (χ1n) is 5.93. The van der Waals surface area contributed by atoms with Crippen LogP contribution in [0.25, 0.3) is 6.08 Å². The summed E-state index contributed by atoms with van der Waals surface area (Å²) in [5, 5.41) is 2.52. The van der Waals surface area contributed by atoms with Crippen LogP contribution in [-0.4, -0.2) is 44.5 Å². The van der Waals surface area contributed by atoms with Gasteiger partial charge < -0.3 is 15.0 Å². The summed E-state index contributed by atoms with van der Waals surface area (Å²) in [6.07, 6.45) is 3.01. The minimum atomic E-state index is -0.331. The Morgan fingerprint density at radius 2 is 2.10 bits per heavy atom. The highest BCUT2D eigenvalue weighted by Crippen LogP contribution is 2.23. The molecule has 0 fully saturated rings. The average Bonchev–Trinajstić information content (AvgIpc) is 2.42. The van der Waals surface area contributed by atoms with Crippen LogP contribution in [0.3, 0.4) is 0 Å². The number of halogens is 1. The van der Waals surface area contributed by atoms with Crippen molar-refractivity contribution in [2.75, 3.05) is 27.7 Å². The molecule has 5 nitrogen and oxygen atoms in total. The van der Waals surface area contributed by atoms with Gasteiger partial charge in [-0.15, -0.1) is 0 Å². The van der Waals surface area contributed by atoms with E-state index in [1.165, 1.54) is 11.0 Å². The lowest BCUT2D eigenvalue weighted by molar-refractivity contribution is -0.129. The molecule has 0 saturated carbocycles. The highest BCUT2D eigenvalue weighted by atomic mass is 79.9. The van der Waals surface area contributed by atoms with Gasteiger partial charge in [-0.1, -0.05) is 15.9 Å². The quantitative estimate of drug-likeness (QED) is 0.829. The van der Waals surface area contributed by atoms with Gasteiger partial charge >= 0.3 is 0 Å². The first-order valence-corrected chi connectivity index (χ1v) is 6.73. The Kier molecular flexibility index (Phi) is 6.24. The fraction of sp³-hybridized carbons (Fsp3) is 0.286. The second kappa shape index (κ2) is 7.69. The summed E-state index contributed by atoms with van der Waals surface area (Å²) in [5.74, 6) is 0.177. The number of carbonyl (C=O) groups is 2. The first kappa shape index (κ1) is 16.2. The number of amides is 2. The third-order valence-corrected chi connectivity index (χ3v) is 3.01. The van der Waals surface area contributed by atoms with Crippen molar-refractivity contribution < 1.29 is 14.3 Å². The predicted molar refractivity (Wildman–Crippen MR) is 81.4 cm³/mol. The summed E-state index contributed by atoms with van der Waals surface area (Å²) in [6, 6.07) is 5.50. The molecule has 0 atom stereocenters. The summed E-state index contributed by atoms with van der Waals surface area (Å²) in [7, 11) is 4.84. The number of benzene rings is 1. The summed E-state index contributed by atoms with van der Waals surface area (Å²) in [5.41, 5.74) is 0.774. The maximum atomic E-state index is 11.6. The van der Waals surface area contributed by atoms with Crippen LogP contribution >= 0.6 is 15.9 Å². The van der Waals surface area contributed by atoms with E-state index >= 15 is 0 Å². The van der Waals surface area contributed by atoms with E-state index < -0.39 is 0 Å². The molecule has 0 unspecified atom stereocenters. The van der Waals surface area contributed by atoms with Gasteiger partial charge in [-0.3, -0.25) is 9.59 Å². The zero-order chi connectivity index (χ0) is 15.1. The van der Waals surface area contributed by atoms with Crippen molar-refractivity contribution in [1.82, 2.24) is 10.2 Å². The molecule has 1 aromatic rings. The standard InChI is InChI=1S/C14H17BrN2O3/c1-17(2)14(19)9-16-13(18)7-4-10-8-11(15)5-6-12(10)20-3/h4-8H,9H2,1-3H3,(H,16,18)/b7-4+. The van der Waals surface area contributed by atoms with Gasteiger partial charge in [0.05, 0.1) is 13.7 Å². The Morgan fingerprint density at radius 3 is 2.70 bits per heavy atom. The Morgan fingerprint density at radius 1 is 1.40 bits per heavy atom. The van der Waals surface area contributed by atoms with E-state index in [1.54, 1.807) is 33.3 Å². The number of ether oxygens (including phenoxy) is 1. The lowest BCUT2D eigenvalue weighted by atomic mass is 10.2. The fourth-order valence-corrected chi connectivity index (χ4v) is 1.76. The normalized spacial score (nSPS) is 10.4. The van der Waals surface area contributed by atoms with Crippen LogP contribution in [0.4, 0.5) is 0 Å². The monoisotopic (exact) mass is 340 g/mol. The van der Waals surface area contributed by atoms with Crippen molar-refractivity contribution in [3.05, 3.63) is 34.3 Å². The number of methoxy groups -OCH3 is 1. The van der Waals surface area contributed by atoms with E-state index in [4.69, 9.17) is 4.74 Å². The molecule has 0 bridgehead atoms. The number of nitrogens with zero attached hydrogens (tertiary/aromatic N) is 1. The van der Waals surface area contributed by atoms with E-state index in [-0.39, 0.29) is 18.4 Å². The molecule has 20 heavy (non-hydrogen) atoms. The molecule has 0 saturated heterocycles. The number of hydrogen-bond donors (Lipinski definition) is 1. The maximum absolute atomic E-state index is 11.6. The minimum Gasteiger partial charge on any atom is -0.496 e. The van der Waals surface area contributed by atoms with Crippen LogP contribution in [0.2, 0.25) is 0 Å². The van der Waals surface area contributed by atoms with Crippen LogP contribution in [0.1, 0.15) is 5.56 Å². The summed E-state index contributed by atoms with van der Waals surface area (Å²) in [4.78, 5) is 24.4. The Balaban J connectivity index is 2.66. The van der Waals surface area contributed by atoms with Crippen molar-refractivity contribution in [2.45, 2.75) is 0 Å². The van der Waals surface area contributed by atoms with Gasteiger partial charge in [-0.05, 0) is 24.3 Å². The molecule has 0 aromatic heterocycles. The van der Waals surface area contributed by atoms with Crippen molar-refractivity contribution in [1.29, 1.82) is 0 Å². The highest BCUT2D eigenvalue weighted by Gasteiger charge is 2.05. The molecule has 108 valence electrons. The summed E-state index contributed by atoms with van der Waals surface area (Å²) < 4.78 is 6.09. The fourth-order valence-electron chi connectivity index (χ4n) is 1.38. The molecule has 0 radical (unpaired) electrons. The lowest BCUT2D eigenvalue weighted by Crippen LogP contribution is -2.35. The number of rotatable bonds is 5. The van der Waals surface area contributed by atoms with E-state index in [9.17, 15) is 9.59 Å². The van der Waals surface area contributed by atoms with E-state index in [0.717, 1.165) is 10.0 Å². The third-order valence-electron chi connectivity index (χ3n) is 2.52. The average molecular weight is 341 g/mol. The van der Waals surface area contributed by atoms with Gasteiger partial charge in [0, 0.05) is 30.2 Å². The number of nitrogens with one attached hydrogen (secondary N) is 1.